The van der Waals surface area contributed by atoms with Crippen molar-refractivity contribution in [1.29, 1.82) is 5.26 Å². The Labute approximate surface area is 209 Å². The van der Waals surface area contributed by atoms with Crippen molar-refractivity contribution in [3.8, 4) is 17.5 Å². The van der Waals surface area contributed by atoms with Crippen molar-refractivity contribution in [2.24, 2.45) is 5.92 Å². The Bertz CT molecular complexity index is 1340. The first kappa shape index (κ1) is 22.7. The van der Waals surface area contributed by atoms with Crippen molar-refractivity contribution in [2.45, 2.75) is 38.0 Å². The molecule has 3 aromatic rings. The molecule has 184 valence electrons. The maximum absolute atomic E-state index is 13.4. The fraction of sp³-hybridized carbons (Fsp3) is 0.407. The van der Waals surface area contributed by atoms with Gasteiger partial charge in [-0.3, -0.25) is 19.8 Å². The van der Waals surface area contributed by atoms with E-state index in [-0.39, 0.29) is 30.1 Å². The molecule has 3 fully saturated rings. The molecule has 6 rings (SSSR count). The number of hydrogen-bond donors (Lipinski definition) is 2. The summed E-state index contributed by atoms with van der Waals surface area (Å²) in [6, 6.07) is 15.1. The van der Waals surface area contributed by atoms with Crippen LogP contribution in [0.2, 0.25) is 0 Å². The predicted molar refractivity (Wildman–Crippen MR) is 132 cm³/mol. The van der Waals surface area contributed by atoms with Crippen LogP contribution in [0.5, 0.6) is 0 Å². The third kappa shape index (κ3) is 4.12. The summed E-state index contributed by atoms with van der Waals surface area (Å²) in [5.41, 5.74) is 2.42. The SMILES string of the molecule is N#Cc1cc(C(=O)N2CCN(C3NC(=O)C4CCCCC4N3)CC2)cc2oc(-c3ccccc3)nc12. The van der Waals surface area contributed by atoms with E-state index < -0.39 is 0 Å². The molecule has 3 atom stereocenters. The number of oxazole rings is 1. The molecule has 36 heavy (non-hydrogen) atoms. The molecule has 3 aliphatic rings. The Morgan fingerprint density at radius 2 is 1.86 bits per heavy atom. The zero-order valence-electron chi connectivity index (χ0n) is 19.9. The largest absolute Gasteiger partial charge is 0.436 e. The molecule has 1 aliphatic carbocycles. The van der Waals surface area contributed by atoms with E-state index in [1.165, 1.54) is 0 Å². The number of nitrogens with one attached hydrogen (secondary N) is 2. The molecule has 9 nitrogen and oxygen atoms in total. The highest BCUT2D eigenvalue weighted by molar-refractivity contribution is 5.99. The third-order valence-electron chi connectivity index (χ3n) is 7.60. The maximum atomic E-state index is 13.4. The van der Waals surface area contributed by atoms with Crippen molar-refractivity contribution in [1.82, 2.24) is 25.4 Å². The average molecular weight is 485 g/mol. The lowest BCUT2D eigenvalue weighted by atomic mass is 9.82. The number of nitriles is 1. The topological polar surface area (TPSA) is 114 Å². The Balaban J connectivity index is 1.16. The average Bonchev–Trinajstić information content (AvgIpc) is 3.37. The third-order valence-corrected chi connectivity index (χ3v) is 7.60. The minimum atomic E-state index is -0.193. The van der Waals surface area contributed by atoms with Crippen molar-refractivity contribution in [3.63, 3.8) is 0 Å². The number of piperazine rings is 1. The second kappa shape index (κ2) is 9.37. The van der Waals surface area contributed by atoms with Gasteiger partial charge in [0, 0.05) is 43.3 Å². The summed E-state index contributed by atoms with van der Waals surface area (Å²) in [5.74, 6) is 0.489. The second-order valence-corrected chi connectivity index (χ2v) is 9.77. The molecule has 2 aromatic carbocycles. The fourth-order valence-electron chi connectivity index (χ4n) is 5.64. The van der Waals surface area contributed by atoms with Gasteiger partial charge in [-0.05, 0) is 37.1 Å². The van der Waals surface area contributed by atoms with E-state index in [1.54, 1.807) is 17.0 Å². The summed E-state index contributed by atoms with van der Waals surface area (Å²) < 4.78 is 5.93. The lowest BCUT2D eigenvalue weighted by Gasteiger charge is -2.46. The summed E-state index contributed by atoms with van der Waals surface area (Å²) in [6.07, 6.45) is 4.06. The van der Waals surface area contributed by atoms with Crippen LogP contribution >= 0.6 is 0 Å². The van der Waals surface area contributed by atoms with E-state index >= 15 is 0 Å². The van der Waals surface area contributed by atoms with Crippen LogP contribution in [0.15, 0.2) is 46.9 Å². The molecule has 0 bridgehead atoms. The van der Waals surface area contributed by atoms with Crippen LogP contribution in [0, 0.1) is 17.2 Å². The number of benzene rings is 2. The molecule has 0 radical (unpaired) electrons. The first-order valence-corrected chi connectivity index (χ1v) is 12.6. The number of carbonyl (C=O) groups is 2. The summed E-state index contributed by atoms with van der Waals surface area (Å²) in [6.45, 7) is 2.36. The molecule has 2 N–H and O–H groups in total. The van der Waals surface area contributed by atoms with Gasteiger partial charge in [-0.15, -0.1) is 0 Å². The van der Waals surface area contributed by atoms with Gasteiger partial charge in [-0.1, -0.05) is 31.0 Å². The fourth-order valence-corrected chi connectivity index (χ4v) is 5.64. The highest BCUT2D eigenvalue weighted by Gasteiger charge is 2.40. The number of aromatic nitrogens is 1. The van der Waals surface area contributed by atoms with Crippen LogP contribution < -0.4 is 10.6 Å². The number of hydrogen-bond acceptors (Lipinski definition) is 7. The van der Waals surface area contributed by atoms with Gasteiger partial charge in [0.1, 0.15) is 17.9 Å². The van der Waals surface area contributed by atoms with E-state index in [0.29, 0.717) is 54.3 Å². The molecule has 2 saturated heterocycles. The van der Waals surface area contributed by atoms with E-state index in [9.17, 15) is 14.9 Å². The van der Waals surface area contributed by atoms with Gasteiger partial charge in [-0.25, -0.2) is 4.98 Å². The van der Waals surface area contributed by atoms with Crippen LogP contribution in [0.25, 0.3) is 22.6 Å². The number of fused-ring (bicyclic) bond motifs is 2. The van der Waals surface area contributed by atoms with Crippen molar-refractivity contribution >= 4 is 22.9 Å². The lowest BCUT2D eigenvalue weighted by molar-refractivity contribution is -0.134. The number of nitrogens with zero attached hydrogens (tertiary/aromatic N) is 4. The predicted octanol–water partition coefficient (Wildman–Crippen LogP) is 2.69. The monoisotopic (exact) mass is 484 g/mol. The highest BCUT2D eigenvalue weighted by Crippen LogP contribution is 2.29. The van der Waals surface area contributed by atoms with Gasteiger partial charge in [-0.2, -0.15) is 5.26 Å². The Hall–Kier alpha value is -3.74. The first-order valence-electron chi connectivity index (χ1n) is 12.6. The summed E-state index contributed by atoms with van der Waals surface area (Å²) in [4.78, 5) is 34.5. The summed E-state index contributed by atoms with van der Waals surface area (Å²) in [7, 11) is 0. The Kier molecular flexibility index (Phi) is 5.91. The van der Waals surface area contributed by atoms with Gasteiger partial charge in [0.15, 0.2) is 5.58 Å². The molecule has 1 saturated carbocycles. The molecule has 2 aliphatic heterocycles. The molecule has 1 aromatic heterocycles. The Morgan fingerprint density at radius 1 is 1.08 bits per heavy atom. The summed E-state index contributed by atoms with van der Waals surface area (Å²) >= 11 is 0. The van der Waals surface area contributed by atoms with Gasteiger partial charge < -0.3 is 14.6 Å². The molecule has 9 heteroatoms. The number of rotatable bonds is 3. The maximum Gasteiger partial charge on any atom is 0.254 e. The van der Waals surface area contributed by atoms with Gasteiger partial charge in [0.25, 0.3) is 5.91 Å². The van der Waals surface area contributed by atoms with Gasteiger partial charge >= 0.3 is 0 Å². The van der Waals surface area contributed by atoms with E-state index in [4.69, 9.17) is 4.42 Å². The van der Waals surface area contributed by atoms with Crippen LogP contribution in [0.3, 0.4) is 0 Å². The smallest absolute Gasteiger partial charge is 0.254 e. The standard InChI is InChI=1S/C27H28N6O3/c28-16-19-14-18(15-22-23(19)30-25(36-22)17-6-2-1-3-7-17)26(35)32-10-12-33(13-11-32)27-29-21-9-5-4-8-20(21)24(34)31-27/h1-3,6-7,14-15,20-21,27,29H,4-5,8-13H2,(H,31,34). The zero-order valence-corrected chi connectivity index (χ0v) is 19.9. The normalized spacial score (nSPS) is 24.7. The van der Waals surface area contributed by atoms with E-state index in [1.807, 2.05) is 30.3 Å². The molecular formula is C27H28N6O3. The second-order valence-electron chi connectivity index (χ2n) is 9.77. The zero-order chi connectivity index (χ0) is 24.6. The minimum Gasteiger partial charge on any atom is -0.436 e. The van der Waals surface area contributed by atoms with Crippen LogP contribution in [0.4, 0.5) is 0 Å². The van der Waals surface area contributed by atoms with E-state index in [2.05, 4.69) is 26.6 Å². The van der Waals surface area contributed by atoms with Crippen LogP contribution in [0.1, 0.15) is 41.6 Å². The van der Waals surface area contributed by atoms with Gasteiger partial charge in [0.05, 0.1) is 11.5 Å². The quantitative estimate of drug-likeness (QED) is 0.587. The molecule has 3 unspecified atom stereocenters. The Morgan fingerprint density at radius 3 is 2.64 bits per heavy atom. The van der Waals surface area contributed by atoms with Crippen LogP contribution in [-0.4, -0.2) is 65.1 Å². The number of carbonyl (C=O) groups excluding carboxylic acids is 2. The van der Waals surface area contributed by atoms with Crippen molar-refractivity contribution < 1.29 is 14.0 Å². The van der Waals surface area contributed by atoms with Crippen molar-refractivity contribution in [2.75, 3.05) is 26.2 Å². The highest BCUT2D eigenvalue weighted by atomic mass is 16.3. The molecule has 3 heterocycles. The molecule has 2 amide bonds. The van der Waals surface area contributed by atoms with Gasteiger partial charge in [0.2, 0.25) is 11.8 Å². The molecule has 0 spiro atoms. The molecular weight excluding hydrogens is 456 g/mol. The van der Waals surface area contributed by atoms with Crippen LogP contribution in [-0.2, 0) is 4.79 Å². The minimum absolute atomic E-state index is 0.0700. The number of amides is 2. The lowest BCUT2D eigenvalue weighted by Crippen LogP contribution is -2.69. The van der Waals surface area contributed by atoms with Crippen molar-refractivity contribution in [3.05, 3.63) is 53.6 Å². The summed E-state index contributed by atoms with van der Waals surface area (Å²) in [5, 5.41) is 16.5. The van der Waals surface area contributed by atoms with E-state index in [0.717, 1.165) is 31.2 Å². The first-order chi connectivity index (χ1) is 17.6.